The lowest BCUT2D eigenvalue weighted by molar-refractivity contribution is -0.131. The van der Waals surface area contributed by atoms with E-state index >= 15 is 0 Å². The predicted molar refractivity (Wildman–Crippen MR) is 83.3 cm³/mol. The normalized spacial score (nSPS) is 26.0. The predicted octanol–water partition coefficient (Wildman–Crippen LogP) is 2.65. The van der Waals surface area contributed by atoms with E-state index in [1.807, 2.05) is 0 Å². The van der Waals surface area contributed by atoms with Gasteiger partial charge < -0.3 is 4.90 Å². The molecule has 5 heteroatoms. The summed E-state index contributed by atoms with van der Waals surface area (Å²) in [6.45, 7) is 1.84. The lowest BCUT2D eigenvalue weighted by Crippen LogP contribution is -2.30. The smallest absolute Gasteiger partial charge is 0.222 e. The molecule has 1 saturated heterocycles. The number of rotatable bonds is 5. The number of carbonyl (C=O) groups excluding carboxylic acids is 1. The molecule has 0 aromatic carbocycles. The summed E-state index contributed by atoms with van der Waals surface area (Å²) in [5.41, 5.74) is 0. The quantitative estimate of drug-likeness (QED) is 0.909. The second-order valence-corrected chi connectivity index (χ2v) is 7.47. The molecule has 0 bridgehead atoms. The molecule has 3 fully saturated rings. The third-order valence-corrected chi connectivity index (χ3v) is 5.55. The monoisotopic (exact) mass is 302 g/mol. The van der Waals surface area contributed by atoms with Crippen LogP contribution in [0.5, 0.6) is 0 Å². The Bertz CT molecular complexity index is 531. The summed E-state index contributed by atoms with van der Waals surface area (Å²) in [6, 6.07) is 0. The van der Waals surface area contributed by atoms with Gasteiger partial charge in [0.2, 0.25) is 5.91 Å². The molecule has 1 N–H and O–H groups in total. The van der Waals surface area contributed by atoms with Crippen molar-refractivity contribution in [1.82, 2.24) is 20.1 Å². The molecule has 0 radical (unpaired) electrons. The van der Waals surface area contributed by atoms with E-state index in [4.69, 9.17) is 0 Å². The van der Waals surface area contributed by atoms with Crippen LogP contribution in [0, 0.1) is 11.8 Å². The molecular weight excluding hydrogens is 276 g/mol. The van der Waals surface area contributed by atoms with Gasteiger partial charge in [0.15, 0.2) is 5.82 Å². The Morgan fingerprint density at radius 2 is 1.95 bits per heavy atom. The first-order valence-electron chi connectivity index (χ1n) is 8.97. The van der Waals surface area contributed by atoms with Crippen LogP contribution in [0.2, 0.25) is 0 Å². The molecule has 2 saturated carbocycles. The summed E-state index contributed by atoms with van der Waals surface area (Å²) in [5, 5.41) is 7.42. The second-order valence-electron chi connectivity index (χ2n) is 7.47. The van der Waals surface area contributed by atoms with E-state index in [-0.39, 0.29) is 0 Å². The van der Waals surface area contributed by atoms with Crippen molar-refractivity contribution in [2.75, 3.05) is 13.1 Å². The zero-order valence-electron chi connectivity index (χ0n) is 13.3. The minimum Gasteiger partial charge on any atom is -0.342 e. The summed E-state index contributed by atoms with van der Waals surface area (Å²) < 4.78 is 0. The van der Waals surface area contributed by atoms with E-state index in [0.717, 1.165) is 44.0 Å². The minimum absolute atomic E-state index is 0.380. The first kappa shape index (κ1) is 14.2. The van der Waals surface area contributed by atoms with E-state index in [9.17, 15) is 4.79 Å². The summed E-state index contributed by atoms with van der Waals surface area (Å²) >= 11 is 0. The van der Waals surface area contributed by atoms with Gasteiger partial charge in [-0.3, -0.25) is 9.89 Å². The van der Waals surface area contributed by atoms with Gasteiger partial charge in [-0.2, -0.15) is 5.10 Å². The number of likely N-dealkylation sites (tertiary alicyclic amines) is 1. The number of hydrogen-bond acceptors (Lipinski definition) is 3. The number of amides is 1. The van der Waals surface area contributed by atoms with E-state index in [2.05, 4.69) is 20.1 Å². The summed E-state index contributed by atoms with van der Waals surface area (Å²) in [4.78, 5) is 19.1. The maximum absolute atomic E-state index is 12.4. The van der Waals surface area contributed by atoms with Crippen LogP contribution in [-0.4, -0.2) is 39.1 Å². The summed E-state index contributed by atoms with van der Waals surface area (Å²) in [7, 11) is 0. The molecule has 1 aliphatic heterocycles. The molecule has 1 unspecified atom stereocenters. The van der Waals surface area contributed by atoms with E-state index in [0.29, 0.717) is 23.7 Å². The number of hydrogen-bond donors (Lipinski definition) is 1. The Morgan fingerprint density at radius 3 is 2.73 bits per heavy atom. The Balaban J connectivity index is 1.26. The van der Waals surface area contributed by atoms with Crippen molar-refractivity contribution in [1.29, 1.82) is 0 Å². The van der Waals surface area contributed by atoms with Crippen LogP contribution in [0.3, 0.4) is 0 Å². The van der Waals surface area contributed by atoms with Gasteiger partial charge in [0, 0.05) is 31.8 Å². The molecule has 120 valence electrons. The molecule has 5 nitrogen and oxygen atoms in total. The fourth-order valence-electron chi connectivity index (χ4n) is 4.02. The highest BCUT2D eigenvalue weighted by atomic mass is 16.2. The number of carbonyl (C=O) groups is 1. The number of H-pyrrole nitrogens is 1. The fraction of sp³-hybridized carbons (Fsp3) is 0.824. The average Bonchev–Trinajstić information content (AvgIpc) is 2.96. The van der Waals surface area contributed by atoms with Crippen LogP contribution in [0.15, 0.2) is 0 Å². The van der Waals surface area contributed by atoms with E-state index in [1.165, 1.54) is 38.5 Å². The number of nitrogens with one attached hydrogen (secondary N) is 1. The van der Waals surface area contributed by atoms with Gasteiger partial charge in [0.25, 0.3) is 0 Å². The van der Waals surface area contributed by atoms with Gasteiger partial charge in [0.05, 0.1) is 0 Å². The van der Waals surface area contributed by atoms with Crippen LogP contribution >= 0.6 is 0 Å². The lowest BCUT2D eigenvalue weighted by Gasteiger charge is -2.18. The zero-order valence-corrected chi connectivity index (χ0v) is 13.3. The van der Waals surface area contributed by atoms with Crippen LogP contribution in [0.1, 0.15) is 68.9 Å². The maximum Gasteiger partial charge on any atom is 0.222 e. The molecular formula is C17H26N4O. The number of aromatic nitrogens is 3. The van der Waals surface area contributed by atoms with Crippen LogP contribution < -0.4 is 0 Å². The second kappa shape index (κ2) is 6.01. The number of nitrogens with zero attached hydrogens (tertiary/aromatic N) is 3. The van der Waals surface area contributed by atoms with Gasteiger partial charge in [-0.1, -0.05) is 12.8 Å². The Labute approximate surface area is 131 Å². The molecule has 4 rings (SSSR count). The SMILES string of the molecule is O=C(CC1CCCC1)N1CCC(Cc2nc(C3CC3)n[nH]2)C1. The van der Waals surface area contributed by atoms with Crippen molar-refractivity contribution >= 4 is 5.91 Å². The highest BCUT2D eigenvalue weighted by Crippen LogP contribution is 2.38. The van der Waals surface area contributed by atoms with Gasteiger partial charge in [-0.15, -0.1) is 0 Å². The highest BCUT2D eigenvalue weighted by molar-refractivity contribution is 5.76. The van der Waals surface area contributed by atoms with Crippen molar-refractivity contribution in [3.63, 3.8) is 0 Å². The lowest BCUT2D eigenvalue weighted by atomic mass is 10.0. The van der Waals surface area contributed by atoms with Crippen LogP contribution in [0.25, 0.3) is 0 Å². The van der Waals surface area contributed by atoms with Gasteiger partial charge in [-0.05, 0) is 43.9 Å². The minimum atomic E-state index is 0.380. The third kappa shape index (κ3) is 3.18. The van der Waals surface area contributed by atoms with Gasteiger partial charge in [-0.25, -0.2) is 4.98 Å². The van der Waals surface area contributed by atoms with Crippen molar-refractivity contribution in [2.24, 2.45) is 11.8 Å². The van der Waals surface area contributed by atoms with Crippen molar-refractivity contribution in [3.05, 3.63) is 11.6 Å². The molecule has 22 heavy (non-hydrogen) atoms. The van der Waals surface area contributed by atoms with E-state index in [1.54, 1.807) is 0 Å². The first-order valence-corrected chi connectivity index (χ1v) is 8.97. The topological polar surface area (TPSA) is 61.9 Å². The van der Waals surface area contributed by atoms with Crippen molar-refractivity contribution < 1.29 is 4.79 Å². The van der Waals surface area contributed by atoms with Crippen molar-refractivity contribution in [2.45, 2.75) is 63.7 Å². The van der Waals surface area contributed by atoms with E-state index < -0.39 is 0 Å². The average molecular weight is 302 g/mol. The molecule has 2 aliphatic carbocycles. The zero-order chi connectivity index (χ0) is 14.9. The van der Waals surface area contributed by atoms with Crippen molar-refractivity contribution in [3.8, 4) is 0 Å². The molecule has 1 atom stereocenters. The molecule has 1 amide bonds. The standard InChI is InChI=1S/C17H26N4O/c22-16(10-12-3-1-2-4-12)21-8-7-13(11-21)9-15-18-17(20-19-15)14-5-6-14/h12-14H,1-11H2,(H,18,19,20). The molecule has 1 aromatic heterocycles. The first-order chi connectivity index (χ1) is 10.8. The summed E-state index contributed by atoms with van der Waals surface area (Å²) in [5.74, 6) is 4.21. The molecule has 1 aromatic rings. The Hall–Kier alpha value is -1.39. The van der Waals surface area contributed by atoms with Crippen LogP contribution in [0.4, 0.5) is 0 Å². The maximum atomic E-state index is 12.4. The summed E-state index contributed by atoms with van der Waals surface area (Å²) in [6.07, 6.45) is 10.4. The fourth-order valence-corrected chi connectivity index (χ4v) is 4.02. The Morgan fingerprint density at radius 1 is 1.14 bits per heavy atom. The number of aromatic amines is 1. The molecule has 2 heterocycles. The van der Waals surface area contributed by atoms with Crippen LogP contribution in [-0.2, 0) is 11.2 Å². The van der Waals surface area contributed by atoms with Gasteiger partial charge in [0.1, 0.15) is 5.82 Å². The highest BCUT2D eigenvalue weighted by Gasteiger charge is 2.31. The third-order valence-electron chi connectivity index (χ3n) is 5.55. The molecule has 3 aliphatic rings. The van der Waals surface area contributed by atoms with Gasteiger partial charge >= 0.3 is 0 Å². The Kier molecular flexibility index (Phi) is 3.89. The molecule has 0 spiro atoms. The largest absolute Gasteiger partial charge is 0.342 e.